The van der Waals surface area contributed by atoms with Gasteiger partial charge in [-0.15, -0.1) is 0 Å². The molecule has 1 aliphatic heterocycles. The van der Waals surface area contributed by atoms with E-state index in [1.54, 1.807) is 12.1 Å². The fraction of sp³-hybridized carbons (Fsp3) is 0.100. The number of rotatable bonds is 2. The summed E-state index contributed by atoms with van der Waals surface area (Å²) in [5.41, 5.74) is 13.9. The van der Waals surface area contributed by atoms with Gasteiger partial charge in [-0.25, -0.2) is 0 Å². The molecule has 8 nitrogen and oxygen atoms in total. The summed E-state index contributed by atoms with van der Waals surface area (Å²) in [5, 5.41) is 21.1. The topological polar surface area (TPSA) is 117 Å². The number of ether oxygens (including phenoxy) is 1. The number of benzene rings is 1. The van der Waals surface area contributed by atoms with Gasteiger partial charge in [0.1, 0.15) is 0 Å². The van der Waals surface area contributed by atoms with Gasteiger partial charge in [0.15, 0.2) is 4.98 Å². The maximum Gasteiger partial charge on any atom is 1.00 e. The van der Waals surface area contributed by atoms with Crippen LogP contribution in [0.25, 0.3) is 16.6 Å². The molecule has 89 valence electrons. The molecule has 0 bridgehead atoms. The molecule has 1 saturated heterocycles. The SMILES string of the molecule is COC([O-])=c1ccc(=C([N+]#N)[C]2[N][N][N][N]2)cc1.[Na+]. The van der Waals surface area contributed by atoms with Crippen molar-refractivity contribution >= 4 is 11.6 Å². The Labute approximate surface area is 131 Å². The summed E-state index contributed by atoms with van der Waals surface area (Å²) in [7, 11) is 1.30. The molecule has 1 aromatic carbocycles. The predicted molar refractivity (Wildman–Crippen MR) is 56.4 cm³/mol. The Bertz CT molecular complexity index is 570. The van der Waals surface area contributed by atoms with E-state index < -0.39 is 5.95 Å². The third-order valence-electron chi connectivity index (χ3n) is 2.21. The van der Waals surface area contributed by atoms with Crippen LogP contribution in [0, 0.1) is 11.6 Å². The minimum Gasteiger partial charge on any atom is -0.616 e. The van der Waals surface area contributed by atoms with Crippen LogP contribution in [0.5, 0.6) is 0 Å². The largest absolute Gasteiger partial charge is 1.00 e. The number of hydrogen-bond donors (Lipinski definition) is 0. The number of methoxy groups -OCH3 is 1. The van der Waals surface area contributed by atoms with E-state index in [-0.39, 0.29) is 41.4 Å². The first kappa shape index (κ1) is 15.9. The zero-order valence-electron chi connectivity index (χ0n) is 10.3. The standard InChI is InChI=1S/C10H7N6O2.Na/c1-18-10(17)7-4-2-6(3-5-7)8(12-11)9-13-15-16-14-9;/h2-5H,1H3;/q;+1. The fourth-order valence-electron chi connectivity index (χ4n) is 1.35. The van der Waals surface area contributed by atoms with Crippen molar-refractivity contribution in [1.82, 2.24) is 21.9 Å². The Morgan fingerprint density at radius 1 is 1.16 bits per heavy atom. The van der Waals surface area contributed by atoms with Crippen LogP contribution in [0.2, 0.25) is 0 Å². The van der Waals surface area contributed by atoms with Gasteiger partial charge >= 0.3 is 35.3 Å². The first-order valence-corrected chi connectivity index (χ1v) is 4.86. The van der Waals surface area contributed by atoms with Gasteiger partial charge in [-0.1, -0.05) is 23.0 Å². The second-order valence-corrected chi connectivity index (χ2v) is 3.22. The van der Waals surface area contributed by atoms with Crippen LogP contribution in [0.15, 0.2) is 24.3 Å². The van der Waals surface area contributed by atoms with Crippen LogP contribution >= 0.6 is 0 Å². The Hall–Kier alpha value is -1.18. The molecular weight excluding hydrogens is 259 g/mol. The summed E-state index contributed by atoms with van der Waals surface area (Å²) in [4.78, 5) is 3.09. The summed E-state index contributed by atoms with van der Waals surface area (Å²) >= 11 is 0. The average molecular weight is 266 g/mol. The van der Waals surface area contributed by atoms with Gasteiger partial charge in [0, 0.05) is 0 Å². The molecule has 0 saturated carbocycles. The van der Waals surface area contributed by atoms with Crippen LogP contribution in [0.1, 0.15) is 0 Å². The summed E-state index contributed by atoms with van der Waals surface area (Å²) < 4.78 is 4.57. The van der Waals surface area contributed by atoms with E-state index in [4.69, 9.17) is 5.39 Å². The molecule has 0 N–H and O–H groups in total. The van der Waals surface area contributed by atoms with Gasteiger partial charge in [-0.05, 0) is 35.5 Å². The third kappa shape index (κ3) is 3.65. The van der Waals surface area contributed by atoms with E-state index in [0.717, 1.165) is 0 Å². The maximum absolute atomic E-state index is 11.2. The van der Waals surface area contributed by atoms with Crippen molar-refractivity contribution in [3.63, 3.8) is 0 Å². The van der Waals surface area contributed by atoms with Crippen LogP contribution < -0.4 is 67.0 Å². The minimum absolute atomic E-state index is 0. The maximum atomic E-state index is 11.2. The van der Waals surface area contributed by atoms with Gasteiger partial charge in [0.25, 0.3) is 6.17 Å². The molecule has 0 spiro atoms. The van der Waals surface area contributed by atoms with E-state index in [0.29, 0.717) is 10.4 Å². The molecule has 2 rings (SSSR count). The molecule has 9 heteroatoms. The van der Waals surface area contributed by atoms with Gasteiger partial charge in [0.2, 0.25) is 5.39 Å². The molecule has 1 heterocycles. The summed E-state index contributed by atoms with van der Waals surface area (Å²) in [5.74, 6) is -0.447. The molecule has 0 atom stereocenters. The molecule has 0 unspecified atom stereocenters. The number of diazo groups is 1. The Morgan fingerprint density at radius 2 is 1.68 bits per heavy atom. The second kappa shape index (κ2) is 7.42. The fourth-order valence-corrected chi connectivity index (χ4v) is 1.35. The Kier molecular flexibility index (Phi) is 6.20. The molecule has 1 aliphatic rings. The molecule has 0 aromatic heterocycles. The average Bonchev–Trinajstić information content (AvgIpc) is 2.93. The van der Waals surface area contributed by atoms with E-state index in [9.17, 15) is 5.11 Å². The number of hydrogen-bond acceptors (Lipinski definition) is 3. The summed E-state index contributed by atoms with van der Waals surface area (Å²) in [6, 6.07) is 6.24. The van der Waals surface area contributed by atoms with E-state index in [2.05, 4.69) is 31.6 Å². The quantitative estimate of drug-likeness (QED) is 0.392. The van der Waals surface area contributed by atoms with Crippen molar-refractivity contribution in [3.8, 4) is 0 Å². The van der Waals surface area contributed by atoms with Crippen molar-refractivity contribution in [2.24, 2.45) is 0 Å². The van der Waals surface area contributed by atoms with Crippen molar-refractivity contribution in [3.05, 3.63) is 45.8 Å². The first-order chi connectivity index (χ1) is 8.76. The van der Waals surface area contributed by atoms with Crippen molar-refractivity contribution in [2.45, 2.75) is 0 Å². The van der Waals surface area contributed by atoms with E-state index in [1.807, 2.05) is 0 Å². The van der Waals surface area contributed by atoms with Gasteiger partial charge < -0.3 is 9.84 Å². The number of nitrogens with zero attached hydrogens (tertiary/aromatic N) is 6. The van der Waals surface area contributed by atoms with Gasteiger partial charge in [-0.3, -0.25) is 0 Å². The van der Waals surface area contributed by atoms with Crippen LogP contribution in [0.4, 0.5) is 0 Å². The first-order valence-electron chi connectivity index (χ1n) is 4.86. The third-order valence-corrected chi connectivity index (χ3v) is 2.21. The van der Waals surface area contributed by atoms with Crippen LogP contribution in [0.3, 0.4) is 0 Å². The molecule has 0 amide bonds. The van der Waals surface area contributed by atoms with Crippen molar-refractivity contribution < 1.29 is 39.4 Å². The molecule has 1 aromatic rings. The van der Waals surface area contributed by atoms with E-state index in [1.165, 1.54) is 19.2 Å². The van der Waals surface area contributed by atoms with Gasteiger partial charge in [0.05, 0.1) is 11.2 Å². The monoisotopic (exact) mass is 266 g/mol. The minimum atomic E-state index is -0.447. The van der Waals surface area contributed by atoms with Crippen LogP contribution in [-0.2, 0) is 4.74 Å². The van der Waals surface area contributed by atoms with Gasteiger partial charge in [-0.2, -0.15) is 0 Å². The zero-order chi connectivity index (χ0) is 13.0. The molecular formula is C10H7N6NaO2+. The van der Waals surface area contributed by atoms with Crippen LogP contribution in [-0.4, -0.2) is 7.11 Å². The van der Waals surface area contributed by atoms with Crippen molar-refractivity contribution in [2.75, 3.05) is 7.11 Å². The van der Waals surface area contributed by atoms with E-state index >= 15 is 0 Å². The summed E-state index contributed by atoms with van der Waals surface area (Å²) in [6.45, 7) is 0. The predicted octanol–water partition coefficient (Wildman–Crippen LogP) is -5.61. The van der Waals surface area contributed by atoms with Crippen molar-refractivity contribution in [1.29, 1.82) is 5.39 Å². The molecule has 0 aliphatic carbocycles. The molecule has 1 fully saturated rings. The Morgan fingerprint density at radius 3 is 2.16 bits per heavy atom. The zero-order valence-corrected chi connectivity index (χ0v) is 12.3. The Balaban J connectivity index is 0.00000180. The smallest absolute Gasteiger partial charge is 0.616 e. The molecule has 5 radical (unpaired) electrons. The normalized spacial score (nSPS) is 14.3. The summed E-state index contributed by atoms with van der Waals surface area (Å²) in [6.07, 6.45) is 0.100. The molecule has 19 heavy (non-hydrogen) atoms. The second-order valence-electron chi connectivity index (χ2n) is 3.22.